The molecule has 0 aliphatic rings. The average Bonchev–Trinajstić information content (AvgIpc) is 2.30. The summed E-state index contributed by atoms with van der Waals surface area (Å²) < 4.78 is 5.67. The molecule has 0 aliphatic heterocycles. The molecule has 0 amide bonds. The van der Waals surface area contributed by atoms with Crippen molar-refractivity contribution in [1.82, 2.24) is 0 Å². The summed E-state index contributed by atoms with van der Waals surface area (Å²) in [5, 5.41) is 1.14. The van der Waals surface area contributed by atoms with Crippen LogP contribution in [0.15, 0.2) is 42.5 Å². The Bertz CT molecular complexity index is 523. The first-order valence-electron chi connectivity index (χ1n) is 5.29. The van der Waals surface area contributed by atoms with Crippen LogP contribution in [0.3, 0.4) is 0 Å². The Hall–Kier alpha value is -1.18. The number of hydrogen-bond donors (Lipinski definition) is 0. The third kappa shape index (κ3) is 3.15. The van der Waals surface area contributed by atoms with Crippen LogP contribution < -0.4 is 4.74 Å². The molecule has 0 N–H and O–H groups in total. The van der Waals surface area contributed by atoms with Gasteiger partial charge in [0.2, 0.25) is 0 Å². The van der Waals surface area contributed by atoms with Crippen LogP contribution in [-0.4, -0.2) is 0 Å². The van der Waals surface area contributed by atoms with E-state index in [4.69, 9.17) is 27.9 Å². The summed E-state index contributed by atoms with van der Waals surface area (Å²) in [6, 6.07) is 13.3. The highest BCUT2D eigenvalue weighted by Gasteiger charge is 2.03. The molecule has 1 nitrogen and oxygen atoms in total. The van der Waals surface area contributed by atoms with Crippen molar-refractivity contribution in [3.63, 3.8) is 0 Å². The van der Waals surface area contributed by atoms with Crippen molar-refractivity contribution in [3.05, 3.63) is 63.6 Å². The smallest absolute Gasteiger partial charge is 0.138 e. The van der Waals surface area contributed by atoms with Gasteiger partial charge in [-0.05, 0) is 36.2 Å². The van der Waals surface area contributed by atoms with Crippen LogP contribution in [0.4, 0.5) is 0 Å². The van der Waals surface area contributed by atoms with Crippen molar-refractivity contribution in [3.8, 4) is 5.75 Å². The molecule has 0 atom stereocenters. The molecule has 0 aliphatic carbocycles. The molecular formula is C14H12Cl2O. The molecule has 0 saturated carbocycles. The van der Waals surface area contributed by atoms with Gasteiger partial charge >= 0.3 is 0 Å². The molecule has 2 rings (SSSR count). The van der Waals surface area contributed by atoms with Gasteiger partial charge in [-0.15, -0.1) is 0 Å². The third-order valence-electron chi connectivity index (χ3n) is 2.54. The second-order valence-electron chi connectivity index (χ2n) is 3.79. The molecule has 0 radical (unpaired) electrons. The molecule has 17 heavy (non-hydrogen) atoms. The lowest BCUT2D eigenvalue weighted by molar-refractivity contribution is 0.305. The van der Waals surface area contributed by atoms with E-state index in [0.29, 0.717) is 22.4 Å². The zero-order chi connectivity index (χ0) is 12.3. The van der Waals surface area contributed by atoms with E-state index in [2.05, 4.69) is 13.0 Å². The second kappa shape index (κ2) is 5.44. The molecule has 88 valence electrons. The van der Waals surface area contributed by atoms with Gasteiger partial charge in [-0.3, -0.25) is 0 Å². The van der Waals surface area contributed by atoms with Crippen LogP contribution in [-0.2, 0) is 6.61 Å². The number of aryl methyl sites for hydroxylation is 1. The monoisotopic (exact) mass is 266 g/mol. The molecular weight excluding hydrogens is 255 g/mol. The molecule has 0 unspecified atom stereocenters. The second-order valence-corrected chi connectivity index (χ2v) is 4.63. The highest BCUT2D eigenvalue weighted by Crippen LogP contribution is 2.28. The van der Waals surface area contributed by atoms with Crippen molar-refractivity contribution >= 4 is 23.2 Å². The van der Waals surface area contributed by atoms with E-state index < -0.39 is 0 Å². The summed E-state index contributed by atoms with van der Waals surface area (Å²) >= 11 is 11.8. The fraction of sp³-hybridized carbons (Fsp3) is 0.143. The van der Waals surface area contributed by atoms with Crippen LogP contribution >= 0.6 is 23.2 Å². The molecule has 0 aromatic heterocycles. The summed E-state index contributed by atoms with van der Waals surface area (Å²) in [4.78, 5) is 0. The van der Waals surface area contributed by atoms with E-state index in [0.717, 1.165) is 5.56 Å². The maximum absolute atomic E-state index is 6.03. The number of rotatable bonds is 3. The summed E-state index contributed by atoms with van der Waals surface area (Å²) in [6.45, 7) is 2.57. The summed E-state index contributed by atoms with van der Waals surface area (Å²) in [6.07, 6.45) is 0. The van der Waals surface area contributed by atoms with Gasteiger partial charge in [0, 0.05) is 5.02 Å². The lowest BCUT2D eigenvalue weighted by atomic mass is 10.1. The van der Waals surface area contributed by atoms with E-state index in [-0.39, 0.29) is 0 Å². The Labute approximate surface area is 111 Å². The first-order chi connectivity index (χ1) is 8.16. The predicted octanol–water partition coefficient (Wildman–Crippen LogP) is 4.88. The molecule has 0 bridgehead atoms. The van der Waals surface area contributed by atoms with Gasteiger partial charge in [0.05, 0.1) is 5.02 Å². The topological polar surface area (TPSA) is 9.23 Å². The maximum atomic E-state index is 6.03. The molecule has 2 aromatic carbocycles. The fourth-order valence-corrected chi connectivity index (χ4v) is 1.98. The van der Waals surface area contributed by atoms with E-state index >= 15 is 0 Å². The van der Waals surface area contributed by atoms with Crippen LogP contribution in [0, 0.1) is 6.92 Å². The number of ether oxygens (including phenoxy) is 1. The van der Waals surface area contributed by atoms with Gasteiger partial charge < -0.3 is 4.74 Å². The van der Waals surface area contributed by atoms with Crippen LogP contribution in [0.2, 0.25) is 10.0 Å². The minimum Gasteiger partial charge on any atom is -0.487 e. The zero-order valence-corrected chi connectivity index (χ0v) is 10.9. The third-order valence-corrected chi connectivity index (χ3v) is 3.07. The Morgan fingerprint density at radius 3 is 2.53 bits per heavy atom. The normalized spacial score (nSPS) is 10.3. The molecule has 0 fully saturated rings. The summed E-state index contributed by atoms with van der Waals surface area (Å²) in [7, 11) is 0. The van der Waals surface area contributed by atoms with Crippen LogP contribution in [0.25, 0.3) is 0 Å². The maximum Gasteiger partial charge on any atom is 0.138 e. The first kappa shape index (κ1) is 12.3. The Morgan fingerprint density at radius 1 is 1.06 bits per heavy atom. The Balaban J connectivity index is 2.10. The summed E-state index contributed by atoms with van der Waals surface area (Å²) in [5.74, 6) is 0.652. The number of hydrogen-bond acceptors (Lipinski definition) is 1. The van der Waals surface area contributed by atoms with E-state index in [9.17, 15) is 0 Å². The van der Waals surface area contributed by atoms with Gasteiger partial charge in [0.25, 0.3) is 0 Å². The standard InChI is InChI=1S/C14H12Cl2O/c1-10-4-2-3-5-11(10)9-17-14-7-6-12(15)8-13(14)16/h2-8H,9H2,1H3. The lowest BCUT2D eigenvalue weighted by Crippen LogP contribution is -1.97. The highest BCUT2D eigenvalue weighted by atomic mass is 35.5. The molecule has 3 heteroatoms. The van der Waals surface area contributed by atoms with E-state index in [1.54, 1.807) is 18.2 Å². The molecule has 2 aromatic rings. The minimum atomic E-state index is 0.508. The predicted molar refractivity (Wildman–Crippen MR) is 72.0 cm³/mol. The summed E-state index contributed by atoms with van der Waals surface area (Å²) in [5.41, 5.74) is 2.36. The Kier molecular flexibility index (Phi) is 3.93. The van der Waals surface area contributed by atoms with Crippen molar-refractivity contribution in [2.45, 2.75) is 13.5 Å². The van der Waals surface area contributed by atoms with Crippen molar-refractivity contribution in [1.29, 1.82) is 0 Å². The quantitative estimate of drug-likeness (QED) is 0.770. The zero-order valence-electron chi connectivity index (χ0n) is 9.41. The molecule has 0 heterocycles. The SMILES string of the molecule is Cc1ccccc1COc1ccc(Cl)cc1Cl. The van der Waals surface area contributed by atoms with Crippen molar-refractivity contribution in [2.24, 2.45) is 0 Å². The number of benzene rings is 2. The van der Waals surface area contributed by atoms with Crippen molar-refractivity contribution in [2.75, 3.05) is 0 Å². The van der Waals surface area contributed by atoms with Gasteiger partial charge in [0.15, 0.2) is 0 Å². The van der Waals surface area contributed by atoms with Gasteiger partial charge in [-0.1, -0.05) is 47.5 Å². The average molecular weight is 267 g/mol. The van der Waals surface area contributed by atoms with Crippen molar-refractivity contribution < 1.29 is 4.74 Å². The largest absolute Gasteiger partial charge is 0.487 e. The van der Waals surface area contributed by atoms with Gasteiger partial charge in [-0.2, -0.15) is 0 Å². The Morgan fingerprint density at radius 2 is 1.82 bits per heavy atom. The number of halogens is 2. The van der Waals surface area contributed by atoms with E-state index in [1.807, 2.05) is 18.2 Å². The first-order valence-corrected chi connectivity index (χ1v) is 6.05. The molecule has 0 saturated heterocycles. The lowest BCUT2D eigenvalue weighted by Gasteiger charge is -2.10. The van der Waals surface area contributed by atoms with Gasteiger partial charge in [0.1, 0.15) is 12.4 Å². The highest BCUT2D eigenvalue weighted by molar-refractivity contribution is 6.35. The minimum absolute atomic E-state index is 0.508. The molecule has 0 spiro atoms. The van der Waals surface area contributed by atoms with Crippen LogP contribution in [0.5, 0.6) is 5.75 Å². The van der Waals surface area contributed by atoms with Crippen LogP contribution in [0.1, 0.15) is 11.1 Å². The van der Waals surface area contributed by atoms with E-state index in [1.165, 1.54) is 5.56 Å². The fourth-order valence-electron chi connectivity index (χ4n) is 1.52. The van der Waals surface area contributed by atoms with Gasteiger partial charge in [-0.25, -0.2) is 0 Å².